The van der Waals surface area contributed by atoms with Gasteiger partial charge in [-0.25, -0.2) is 0 Å². The molecular formula is C14H22N2O3. The van der Waals surface area contributed by atoms with E-state index in [0.29, 0.717) is 26.1 Å². The molecule has 0 aliphatic rings. The molecule has 0 saturated carbocycles. The Balaban J connectivity index is 2.61. The van der Waals surface area contributed by atoms with E-state index in [9.17, 15) is 4.79 Å². The Labute approximate surface area is 114 Å². The van der Waals surface area contributed by atoms with Crippen LogP contribution in [-0.2, 0) is 11.2 Å². The smallest absolute Gasteiger partial charge is 0.223 e. The fourth-order valence-electron chi connectivity index (χ4n) is 1.70. The molecule has 1 aromatic carbocycles. The number of benzene rings is 1. The van der Waals surface area contributed by atoms with Crippen LogP contribution in [0.3, 0.4) is 0 Å². The van der Waals surface area contributed by atoms with Gasteiger partial charge in [0.05, 0.1) is 20.1 Å². The zero-order chi connectivity index (χ0) is 14.1. The van der Waals surface area contributed by atoms with Gasteiger partial charge < -0.3 is 20.5 Å². The second kappa shape index (κ2) is 8.37. The van der Waals surface area contributed by atoms with E-state index >= 15 is 0 Å². The minimum absolute atomic E-state index is 0.00855. The average molecular weight is 266 g/mol. The maximum Gasteiger partial charge on any atom is 0.223 e. The van der Waals surface area contributed by atoms with Crippen molar-refractivity contribution in [3.63, 3.8) is 0 Å². The number of carbonyl (C=O) groups excluding carboxylic acids is 1. The first-order valence-electron chi connectivity index (χ1n) is 6.47. The van der Waals surface area contributed by atoms with Crippen LogP contribution in [-0.4, -0.2) is 32.7 Å². The molecule has 0 fully saturated rings. The minimum Gasteiger partial charge on any atom is -0.497 e. The van der Waals surface area contributed by atoms with Crippen molar-refractivity contribution in [2.75, 3.05) is 26.8 Å². The van der Waals surface area contributed by atoms with Crippen molar-refractivity contribution in [3.05, 3.63) is 23.8 Å². The fourth-order valence-corrected chi connectivity index (χ4v) is 1.70. The molecule has 0 saturated heterocycles. The molecule has 0 atom stereocenters. The van der Waals surface area contributed by atoms with Gasteiger partial charge in [0.25, 0.3) is 0 Å². The SMILES string of the molecule is CCNC(=O)CCOc1cc(OC)ccc1CCN. The van der Waals surface area contributed by atoms with Crippen LogP contribution in [0.5, 0.6) is 11.5 Å². The van der Waals surface area contributed by atoms with Gasteiger partial charge in [-0.3, -0.25) is 4.79 Å². The molecule has 0 aliphatic carbocycles. The summed E-state index contributed by atoms with van der Waals surface area (Å²) in [5, 5.41) is 2.73. The van der Waals surface area contributed by atoms with Crippen LogP contribution < -0.4 is 20.5 Å². The van der Waals surface area contributed by atoms with Crippen molar-refractivity contribution < 1.29 is 14.3 Å². The molecule has 0 aliphatic heterocycles. The molecule has 3 N–H and O–H groups in total. The first kappa shape index (κ1) is 15.3. The predicted molar refractivity (Wildman–Crippen MR) is 74.5 cm³/mol. The van der Waals surface area contributed by atoms with E-state index in [2.05, 4.69) is 5.32 Å². The van der Waals surface area contributed by atoms with Crippen molar-refractivity contribution in [2.45, 2.75) is 19.8 Å². The lowest BCUT2D eigenvalue weighted by Gasteiger charge is -2.12. The lowest BCUT2D eigenvalue weighted by molar-refractivity contribution is -0.121. The highest BCUT2D eigenvalue weighted by Crippen LogP contribution is 2.25. The molecule has 0 radical (unpaired) electrons. The lowest BCUT2D eigenvalue weighted by atomic mass is 10.1. The van der Waals surface area contributed by atoms with Crippen molar-refractivity contribution in [1.29, 1.82) is 0 Å². The minimum atomic E-state index is -0.00855. The second-order valence-electron chi connectivity index (χ2n) is 4.06. The molecule has 1 rings (SSSR count). The molecule has 0 bridgehead atoms. The van der Waals surface area contributed by atoms with Crippen molar-refractivity contribution in [3.8, 4) is 11.5 Å². The van der Waals surface area contributed by atoms with Crippen LogP contribution in [0, 0.1) is 0 Å². The third kappa shape index (κ3) is 5.18. The van der Waals surface area contributed by atoms with Gasteiger partial charge in [-0.05, 0) is 31.5 Å². The molecule has 0 unspecified atom stereocenters. The molecule has 0 aromatic heterocycles. The van der Waals surface area contributed by atoms with Gasteiger partial charge >= 0.3 is 0 Å². The van der Waals surface area contributed by atoms with Crippen LogP contribution in [0.1, 0.15) is 18.9 Å². The van der Waals surface area contributed by atoms with E-state index in [1.54, 1.807) is 7.11 Å². The summed E-state index contributed by atoms with van der Waals surface area (Å²) in [6.07, 6.45) is 1.08. The quantitative estimate of drug-likeness (QED) is 0.739. The Morgan fingerprint density at radius 3 is 2.84 bits per heavy atom. The summed E-state index contributed by atoms with van der Waals surface area (Å²) in [4.78, 5) is 11.3. The topological polar surface area (TPSA) is 73.6 Å². The number of nitrogens with two attached hydrogens (primary N) is 1. The number of hydrogen-bond donors (Lipinski definition) is 2. The fraction of sp³-hybridized carbons (Fsp3) is 0.500. The number of nitrogens with one attached hydrogen (secondary N) is 1. The summed E-state index contributed by atoms with van der Waals surface area (Å²) in [5.74, 6) is 1.45. The van der Waals surface area contributed by atoms with E-state index in [1.807, 2.05) is 25.1 Å². The summed E-state index contributed by atoms with van der Waals surface area (Å²) in [7, 11) is 1.61. The van der Waals surface area contributed by atoms with Gasteiger partial charge in [0.1, 0.15) is 11.5 Å². The lowest BCUT2D eigenvalue weighted by Crippen LogP contribution is -2.24. The number of rotatable bonds is 8. The molecule has 19 heavy (non-hydrogen) atoms. The first-order valence-corrected chi connectivity index (χ1v) is 6.47. The van der Waals surface area contributed by atoms with E-state index in [4.69, 9.17) is 15.2 Å². The number of methoxy groups -OCH3 is 1. The highest BCUT2D eigenvalue weighted by Gasteiger charge is 2.07. The van der Waals surface area contributed by atoms with E-state index < -0.39 is 0 Å². The van der Waals surface area contributed by atoms with Crippen molar-refractivity contribution in [2.24, 2.45) is 5.73 Å². The molecule has 0 heterocycles. The molecule has 0 spiro atoms. The number of amides is 1. The third-order valence-corrected chi connectivity index (χ3v) is 2.65. The van der Waals surface area contributed by atoms with E-state index in [-0.39, 0.29) is 5.91 Å². The van der Waals surface area contributed by atoms with Crippen LogP contribution in [0.25, 0.3) is 0 Å². The maximum absolute atomic E-state index is 11.3. The highest BCUT2D eigenvalue weighted by molar-refractivity contribution is 5.75. The van der Waals surface area contributed by atoms with Gasteiger partial charge in [-0.1, -0.05) is 6.07 Å². The zero-order valence-electron chi connectivity index (χ0n) is 11.6. The summed E-state index contributed by atoms with van der Waals surface area (Å²) in [5.41, 5.74) is 6.59. The van der Waals surface area contributed by atoms with Gasteiger partial charge in [0.15, 0.2) is 0 Å². The summed E-state index contributed by atoms with van der Waals surface area (Å²) in [6.45, 7) is 3.42. The number of hydrogen-bond acceptors (Lipinski definition) is 4. The van der Waals surface area contributed by atoms with Crippen molar-refractivity contribution >= 4 is 5.91 Å². The summed E-state index contributed by atoms with van der Waals surface area (Å²) >= 11 is 0. The highest BCUT2D eigenvalue weighted by atomic mass is 16.5. The molecule has 1 aromatic rings. The molecular weight excluding hydrogens is 244 g/mol. The third-order valence-electron chi connectivity index (χ3n) is 2.65. The Kier molecular flexibility index (Phi) is 6.74. The largest absolute Gasteiger partial charge is 0.497 e. The van der Waals surface area contributed by atoms with E-state index in [0.717, 1.165) is 23.5 Å². The Morgan fingerprint density at radius 2 is 2.21 bits per heavy atom. The maximum atomic E-state index is 11.3. The summed E-state index contributed by atoms with van der Waals surface area (Å²) in [6, 6.07) is 5.64. The predicted octanol–water partition coefficient (Wildman–Crippen LogP) is 1.10. The van der Waals surface area contributed by atoms with Crippen LogP contribution in [0.15, 0.2) is 18.2 Å². The Bertz CT molecular complexity index is 408. The standard InChI is InChI=1S/C14H22N2O3/c1-3-16-14(17)7-9-19-13-10-12(18-2)5-4-11(13)6-8-15/h4-5,10H,3,6-9,15H2,1-2H3,(H,16,17). The second-order valence-corrected chi connectivity index (χ2v) is 4.06. The molecule has 5 heteroatoms. The van der Waals surface area contributed by atoms with Gasteiger partial charge in [-0.15, -0.1) is 0 Å². The Hall–Kier alpha value is -1.75. The van der Waals surface area contributed by atoms with Crippen LogP contribution >= 0.6 is 0 Å². The molecule has 5 nitrogen and oxygen atoms in total. The Morgan fingerprint density at radius 1 is 1.42 bits per heavy atom. The first-order chi connectivity index (χ1) is 9.21. The zero-order valence-corrected chi connectivity index (χ0v) is 11.6. The van der Waals surface area contributed by atoms with Crippen molar-refractivity contribution in [1.82, 2.24) is 5.32 Å². The summed E-state index contributed by atoms with van der Waals surface area (Å²) < 4.78 is 10.8. The monoisotopic (exact) mass is 266 g/mol. The van der Waals surface area contributed by atoms with Crippen LogP contribution in [0.2, 0.25) is 0 Å². The molecule has 1 amide bonds. The molecule has 106 valence electrons. The number of carbonyl (C=O) groups is 1. The van der Waals surface area contributed by atoms with Gasteiger partial charge in [0.2, 0.25) is 5.91 Å². The van der Waals surface area contributed by atoms with E-state index in [1.165, 1.54) is 0 Å². The van der Waals surface area contributed by atoms with Crippen LogP contribution in [0.4, 0.5) is 0 Å². The van der Waals surface area contributed by atoms with Gasteiger partial charge in [-0.2, -0.15) is 0 Å². The van der Waals surface area contributed by atoms with Gasteiger partial charge in [0, 0.05) is 12.6 Å². The normalized spacial score (nSPS) is 10.1. The average Bonchev–Trinajstić information content (AvgIpc) is 2.41. The number of ether oxygens (including phenoxy) is 2.